The van der Waals surface area contributed by atoms with Crippen LogP contribution < -0.4 is 11.3 Å². The van der Waals surface area contributed by atoms with Gasteiger partial charge in [-0.25, -0.2) is 0 Å². The summed E-state index contributed by atoms with van der Waals surface area (Å²) in [7, 11) is 0. The first-order chi connectivity index (χ1) is 5.49. The van der Waals surface area contributed by atoms with Gasteiger partial charge >= 0.3 is 0 Å². The van der Waals surface area contributed by atoms with E-state index in [0.717, 1.165) is 12.8 Å². The van der Waals surface area contributed by atoms with Crippen LogP contribution in [0.1, 0.15) is 40.5 Å². The van der Waals surface area contributed by atoms with Crippen molar-refractivity contribution in [2.75, 3.05) is 6.61 Å². The number of hydrogen-bond acceptors (Lipinski definition) is 3. The van der Waals surface area contributed by atoms with Crippen molar-refractivity contribution in [2.24, 2.45) is 5.84 Å². The lowest BCUT2D eigenvalue weighted by Crippen LogP contribution is -2.40. The van der Waals surface area contributed by atoms with Crippen molar-refractivity contribution in [3.05, 3.63) is 0 Å². The number of rotatable bonds is 5. The highest BCUT2D eigenvalue weighted by atomic mass is 16.5. The van der Waals surface area contributed by atoms with Crippen molar-refractivity contribution >= 4 is 0 Å². The molecule has 0 aliphatic carbocycles. The molecule has 3 nitrogen and oxygen atoms in total. The van der Waals surface area contributed by atoms with Crippen LogP contribution in [-0.4, -0.2) is 18.2 Å². The van der Waals surface area contributed by atoms with Crippen LogP contribution in [0.15, 0.2) is 0 Å². The third kappa shape index (κ3) is 6.58. The minimum Gasteiger partial charge on any atom is -0.374 e. The summed E-state index contributed by atoms with van der Waals surface area (Å²) in [6, 6.07) is 0.286. The van der Waals surface area contributed by atoms with Gasteiger partial charge < -0.3 is 4.74 Å². The monoisotopic (exact) mass is 174 g/mol. The Kier molecular flexibility index (Phi) is 5.46. The zero-order valence-corrected chi connectivity index (χ0v) is 8.68. The third-order valence-electron chi connectivity index (χ3n) is 1.59. The van der Waals surface area contributed by atoms with E-state index in [1.807, 2.05) is 20.8 Å². The van der Waals surface area contributed by atoms with Crippen molar-refractivity contribution in [3.63, 3.8) is 0 Å². The van der Waals surface area contributed by atoms with Crippen LogP contribution in [-0.2, 0) is 4.74 Å². The zero-order chi connectivity index (χ0) is 9.61. The Morgan fingerprint density at radius 3 is 2.33 bits per heavy atom. The average molecular weight is 174 g/mol. The molecule has 0 aromatic carbocycles. The summed E-state index contributed by atoms with van der Waals surface area (Å²) in [5, 5.41) is 0. The second-order valence-electron chi connectivity index (χ2n) is 4.08. The Bertz CT molecular complexity index is 110. The molecule has 1 unspecified atom stereocenters. The summed E-state index contributed by atoms with van der Waals surface area (Å²) in [5.41, 5.74) is 2.68. The van der Waals surface area contributed by atoms with Crippen molar-refractivity contribution in [1.82, 2.24) is 5.43 Å². The Hall–Kier alpha value is -0.120. The molecule has 0 rings (SSSR count). The van der Waals surface area contributed by atoms with Gasteiger partial charge in [0.1, 0.15) is 0 Å². The van der Waals surface area contributed by atoms with Gasteiger partial charge in [-0.1, -0.05) is 13.3 Å². The second-order valence-corrected chi connectivity index (χ2v) is 4.08. The van der Waals surface area contributed by atoms with Gasteiger partial charge in [0.15, 0.2) is 0 Å². The fraction of sp³-hybridized carbons (Fsp3) is 1.00. The Morgan fingerprint density at radius 2 is 2.00 bits per heavy atom. The Labute approximate surface area is 75.6 Å². The largest absolute Gasteiger partial charge is 0.374 e. The molecule has 0 spiro atoms. The molecule has 0 fully saturated rings. The first-order valence-electron chi connectivity index (χ1n) is 4.59. The van der Waals surface area contributed by atoms with Crippen molar-refractivity contribution in [1.29, 1.82) is 0 Å². The first kappa shape index (κ1) is 11.9. The molecule has 74 valence electrons. The minimum absolute atomic E-state index is 0.0666. The highest BCUT2D eigenvalue weighted by molar-refractivity contribution is 4.65. The molecule has 3 heteroatoms. The fourth-order valence-electron chi connectivity index (χ4n) is 0.914. The third-order valence-corrected chi connectivity index (χ3v) is 1.59. The average Bonchev–Trinajstić information content (AvgIpc) is 1.96. The molecule has 0 aromatic heterocycles. The molecule has 0 aromatic rings. The molecule has 0 heterocycles. The van der Waals surface area contributed by atoms with Crippen LogP contribution in [0.25, 0.3) is 0 Å². The summed E-state index contributed by atoms with van der Waals surface area (Å²) >= 11 is 0. The molecule has 0 aliphatic heterocycles. The molecule has 0 bridgehead atoms. The van der Waals surface area contributed by atoms with Gasteiger partial charge in [0, 0.05) is 6.04 Å². The molecule has 12 heavy (non-hydrogen) atoms. The van der Waals surface area contributed by atoms with Crippen LogP contribution >= 0.6 is 0 Å². The van der Waals surface area contributed by atoms with Gasteiger partial charge in [-0.05, 0) is 27.2 Å². The molecular weight excluding hydrogens is 152 g/mol. The highest BCUT2D eigenvalue weighted by Crippen LogP contribution is 2.08. The number of nitrogens with one attached hydrogen (secondary N) is 1. The lowest BCUT2D eigenvalue weighted by atomic mass is 10.1. The summed E-state index contributed by atoms with van der Waals surface area (Å²) < 4.78 is 5.59. The van der Waals surface area contributed by atoms with Crippen LogP contribution in [0.5, 0.6) is 0 Å². The second kappa shape index (κ2) is 5.51. The van der Waals surface area contributed by atoms with Gasteiger partial charge in [-0.2, -0.15) is 0 Å². The van der Waals surface area contributed by atoms with E-state index in [4.69, 9.17) is 10.6 Å². The molecule has 0 amide bonds. The number of hydrazine groups is 1. The minimum atomic E-state index is -0.0666. The van der Waals surface area contributed by atoms with E-state index >= 15 is 0 Å². The van der Waals surface area contributed by atoms with Crippen molar-refractivity contribution < 1.29 is 4.74 Å². The fourth-order valence-corrected chi connectivity index (χ4v) is 0.914. The molecule has 0 saturated heterocycles. The zero-order valence-electron chi connectivity index (χ0n) is 8.68. The van der Waals surface area contributed by atoms with E-state index in [9.17, 15) is 0 Å². The van der Waals surface area contributed by atoms with E-state index in [1.54, 1.807) is 0 Å². The summed E-state index contributed by atoms with van der Waals surface area (Å²) in [4.78, 5) is 0. The van der Waals surface area contributed by atoms with Crippen LogP contribution in [0.2, 0.25) is 0 Å². The predicted octanol–water partition coefficient (Wildman–Crippen LogP) is 1.43. The van der Waals surface area contributed by atoms with Crippen molar-refractivity contribution in [2.45, 2.75) is 52.2 Å². The summed E-state index contributed by atoms with van der Waals surface area (Å²) in [6.07, 6.45) is 2.19. The van der Waals surface area contributed by atoms with Crippen molar-refractivity contribution in [3.8, 4) is 0 Å². The smallest absolute Gasteiger partial charge is 0.0640 e. The van der Waals surface area contributed by atoms with E-state index in [1.165, 1.54) is 0 Å². The maximum atomic E-state index is 5.59. The van der Waals surface area contributed by atoms with Gasteiger partial charge in [0.2, 0.25) is 0 Å². The predicted molar refractivity (Wildman–Crippen MR) is 51.7 cm³/mol. The van der Waals surface area contributed by atoms with Gasteiger partial charge in [0.25, 0.3) is 0 Å². The molecule has 0 aliphatic rings. The van der Waals surface area contributed by atoms with Crippen LogP contribution in [0, 0.1) is 0 Å². The Balaban J connectivity index is 3.58. The van der Waals surface area contributed by atoms with E-state index in [2.05, 4.69) is 12.3 Å². The molecule has 0 saturated carbocycles. The van der Waals surface area contributed by atoms with Gasteiger partial charge in [-0.3, -0.25) is 11.3 Å². The Morgan fingerprint density at radius 1 is 1.42 bits per heavy atom. The topological polar surface area (TPSA) is 47.3 Å². The SMILES string of the molecule is CCCC(COC(C)(C)C)NN. The van der Waals surface area contributed by atoms with E-state index < -0.39 is 0 Å². The lowest BCUT2D eigenvalue weighted by molar-refractivity contribution is -0.0154. The first-order valence-corrected chi connectivity index (χ1v) is 4.59. The maximum Gasteiger partial charge on any atom is 0.0640 e. The van der Waals surface area contributed by atoms with Crippen LogP contribution in [0.3, 0.4) is 0 Å². The number of hydrogen-bond donors (Lipinski definition) is 2. The number of nitrogens with two attached hydrogens (primary N) is 1. The molecule has 1 atom stereocenters. The lowest BCUT2D eigenvalue weighted by Gasteiger charge is -2.23. The van der Waals surface area contributed by atoms with E-state index in [-0.39, 0.29) is 11.6 Å². The van der Waals surface area contributed by atoms with E-state index in [0.29, 0.717) is 6.61 Å². The normalized spacial score (nSPS) is 14.8. The molecule has 3 N–H and O–H groups in total. The van der Waals surface area contributed by atoms with Gasteiger partial charge in [-0.15, -0.1) is 0 Å². The molecule has 0 radical (unpaired) electrons. The summed E-state index contributed by atoms with van der Waals surface area (Å²) in [5.74, 6) is 5.36. The maximum absolute atomic E-state index is 5.59. The quantitative estimate of drug-likeness (QED) is 0.489. The standard InChI is InChI=1S/C9H22N2O/c1-5-6-8(11-10)7-12-9(2,3)4/h8,11H,5-7,10H2,1-4H3. The highest BCUT2D eigenvalue weighted by Gasteiger charge is 2.13. The van der Waals surface area contributed by atoms with Crippen LogP contribution in [0.4, 0.5) is 0 Å². The summed E-state index contributed by atoms with van der Waals surface area (Å²) in [6.45, 7) is 8.97. The number of ether oxygens (including phenoxy) is 1. The van der Waals surface area contributed by atoms with Gasteiger partial charge in [0.05, 0.1) is 12.2 Å². The molecular formula is C9H22N2O.